The van der Waals surface area contributed by atoms with Gasteiger partial charge in [0.15, 0.2) is 0 Å². The summed E-state index contributed by atoms with van der Waals surface area (Å²) < 4.78 is 21.0. The summed E-state index contributed by atoms with van der Waals surface area (Å²) in [6, 6.07) is 7.72. The number of benzene rings is 1. The summed E-state index contributed by atoms with van der Waals surface area (Å²) in [5.74, 6) is 2.50. The molecule has 0 atom stereocenters. The predicted molar refractivity (Wildman–Crippen MR) is 57.4 cm³/mol. The number of aryl methyl sites for hydroxylation is 1. The minimum atomic E-state index is -3.69. The Kier molecular flexibility index (Phi) is 3.56. The van der Waals surface area contributed by atoms with E-state index in [4.69, 9.17) is 10.7 Å². The number of hydrogen-bond acceptors (Lipinski definition) is 2. The van der Waals surface area contributed by atoms with Gasteiger partial charge in [0, 0.05) is 22.4 Å². The van der Waals surface area contributed by atoms with Crippen LogP contribution in [0.25, 0.3) is 0 Å². The fourth-order valence-electron chi connectivity index (χ4n) is 1.05. The normalized spacial score (nSPS) is 10.4. The van der Waals surface area contributed by atoms with Crippen molar-refractivity contribution in [2.45, 2.75) is 13.3 Å². The van der Waals surface area contributed by atoms with Crippen LogP contribution < -0.4 is 0 Å². The van der Waals surface area contributed by atoms with Crippen molar-refractivity contribution in [1.29, 1.82) is 0 Å². The Bertz CT molecular complexity index is 480. The minimum Gasteiger partial charge on any atom is -0.198 e. The van der Waals surface area contributed by atoms with Gasteiger partial charge in [0.25, 0.3) is 0 Å². The SMILES string of the molecule is Cc1cccc(CC#CS(=O)(=O)Cl)c1. The lowest BCUT2D eigenvalue weighted by molar-refractivity contribution is 0.618. The van der Waals surface area contributed by atoms with Gasteiger partial charge in [-0.15, -0.1) is 0 Å². The molecule has 1 aromatic rings. The van der Waals surface area contributed by atoms with Crippen LogP contribution in [0.2, 0.25) is 0 Å². The lowest BCUT2D eigenvalue weighted by Gasteiger charge is -1.95. The molecular formula is C10H9ClO2S. The van der Waals surface area contributed by atoms with Crippen molar-refractivity contribution in [3.63, 3.8) is 0 Å². The third-order valence-electron chi connectivity index (χ3n) is 1.57. The largest absolute Gasteiger partial charge is 0.300 e. The molecule has 1 rings (SSSR count). The van der Waals surface area contributed by atoms with E-state index < -0.39 is 9.05 Å². The Hall–Kier alpha value is -0.980. The third kappa shape index (κ3) is 4.31. The zero-order valence-corrected chi connectivity index (χ0v) is 9.19. The van der Waals surface area contributed by atoms with Crippen molar-refractivity contribution in [2.75, 3.05) is 0 Å². The Morgan fingerprint density at radius 1 is 1.43 bits per heavy atom. The molecule has 0 aromatic heterocycles. The second-order valence-electron chi connectivity index (χ2n) is 2.88. The highest BCUT2D eigenvalue weighted by atomic mass is 35.7. The first-order valence-electron chi connectivity index (χ1n) is 3.97. The first-order chi connectivity index (χ1) is 6.47. The van der Waals surface area contributed by atoms with E-state index in [1.807, 2.05) is 36.4 Å². The van der Waals surface area contributed by atoms with Gasteiger partial charge in [-0.2, -0.15) is 8.42 Å². The fraction of sp³-hybridized carbons (Fsp3) is 0.200. The van der Waals surface area contributed by atoms with Crippen molar-refractivity contribution >= 4 is 19.7 Å². The first-order valence-corrected chi connectivity index (χ1v) is 6.28. The van der Waals surface area contributed by atoms with E-state index in [1.165, 1.54) is 0 Å². The third-order valence-corrected chi connectivity index (χ3v) is 2.19. The van der Waals surface area contributed by atoms with Gasteiger partial charge in [-0.1, -0.05) is 35.7 Å². The van der Waals surface area contributed by atoms with E-state index in [1.54, 1.807) is 0 Å². The Balaban J connectivity index is 2.75. The molecule has 0 saturated heterocycles. The lowest BCUT2D eigenvalue weighted by atomic mass is 10.1. The van der Waals surface area contributed by atoms with E-state index in [0.717, 1.165) is 11.1 Å². The molecule has 0 saturated carbocycles. The van der Waals surface area contributed by atoms with Crippen LogP contribution in [0.3, 0.4) is 0 Å². The van der Waals surface area contributed by atoms with Crippen molar-refractivity contribution < 1.29 is 8.42 Å². The summed E-state index contributed by atoms with van der Waals surface area (Å²) in [4.78, 5) is 0. The Morgan fingerprint density at radius 3 is 2.71 bits per heavy atom. The smallest absolute Gasteiger partial charge is 0.198 e. The molecule has 0 aliphatic heterocycles. The van der Waals surface area contributed by atoms with Crippen LogP contribution in [-0.4, -0.2) is 8.42 Å². The van der Waals surface area contributed by atoms with E-state index in [9.17, 15) is 8.42 Å². The minimum absolute atomic E-state index is 0.396. The van der Waals surface area contributed by atoms with Crippen LogP contribution >= 0.6 is 10.7 Å². The topological polar surface area (TPSA) is 34.1 Å². The zero-order chi connectivity index (χ0) is 10.6. The maximum atomic E-state index is 10.5. The van der Waals surface area contributed by atoms with Gasteiger partial charge in [-0.05, 0) is 12.5 Å². The monoisotopic (exact) mass is 228 g/mol. The second-order valence-corrected chi connectivity index (χ2v) is 5.18. The van der Waals surface area contributed by atoms with E-state index in [0.29, 0.717) is 6.42 Å². The molecule has 2 nitrogen and oxygen atoms in total. The van der Waals surface area contributed by atoms with Crippen LogP contribution in [0.15, 0.2) is 24.3 Å². The van der Waals surface area contributed by atoms with Gasteiger partial charge in [-0.3, -0.25) is 0 Å². The average Bonchev–Trinajstić information content (AvgIpc) is 2.01. The molecule has 0 heterocycles. The maximum Gasteiger partial charge on any atom is 0.300 e. The van der Waals surface area contributed by atoms with E-state index >= 15 is 0 Å². The molecule has 0 amide bonds. The Morgan fingerprint density at radius 2 is 2.14 bits per heavy atom. The average molecular weight is 229 g/mol. The van der Waals surface area contributed by atoms with Gasteiger partial charge >= 0.3 is 9.05 Å². The number of halogens is 1. The second kappa shape index (κ2) is 4.50. The van der Waals surface area contributed by atoms with Gasteiger partial charge in [0.2, 0.25) is 0 Å². The molecule has 4 heteroatoms. The maximum absolute atomic E-state index is 10.5. The molecule has 14 heavy (non-hydrogen) atoms. The molecular weight excluding hydrogens is 220 g/mol. The quantitative estimate of drug-likeness (QED) is 0.545. The number of rotatable bonds is 1. The lowest BCUT2D eigenvalue weighted by Crippen LogP contribution is -1.84. The van der Waals surface area contributed by atoms with Gasteiger partial charge in [0.1, 0.15) is 0 Å². The predicted octanol–water partition coefficient (Wildman–Crippen LogP) is 2.07. The van der Waals surface area contributed by atoms with Crippen LogP contribution in [0.1, 0.15) is 11.1 Å². The fourth-order valence-corrected chi connectivity index (χ4v) is 1.45. The molecule has 0 unspecified atom stereocenters. The molecule has 0 aliphatic carbocycles. The zero-order valence-electron chi connectivity index (χ0n) is 7.62. The highest BCUT2D eigenvalue weighted by molar-refractivity contribution is 8.17. The van der Waals surface area contributed by atoms with Crippen molar-refractivity contribution in [3.8, 4) is 11.2 Å². The first kappa shape index (κ1) is 11.1. The van der Waals surface area contributed by atoms with Crippen LogP contribution in [0, 0.1) is 18.1 Å². The van der Waals surface area contributed by atoms with Crippen molar-refractivity contribution in [2.24, 2.45) is 0 Å². The summed E-state index contributed by atoms with van der Waals surface area (Å²) in [6.07, 6.45) is 0.396. The summed E-state index contributed by atoms with van der Waals surface area (Å²) in [5.41, 5.74) is 2.11. The van der Waals surface area contributed by atoms with Gasteiger partial charge in [0.05, 0.1) is 0 Å². The van der Waals surface area contributed by atoms with Crippen molar-refractivity contribution in [3.05, 3.63) is 35.4 Å². The highest BCUT2D eigenvalue weighted by Crippen LogP contribution is 2.04. The van der Waals surface area contributed by atoms with E-state index in [-0.39, 0.29) is 0 Å². The van der Waals surface area contributed by atoms with E-state index in [2.05, 4.69) is 5.92 Å². The molecule has 0 spiro atoms. The summed E-state index contributed by atoms with van der Waals surface area (Å²) in [6.45, 7) is 1.97. The molecule has 0 radical (unpaired) electrons. The summed E-state index contributed by atoms with van der Waals surface area (Å²) in [7, 11) is 1.24. The van der Waals surface area contributed by atoms with Gasteiger partial charge < -0.3 is 0 Å². The number of hydrogen-bond donors (Lipinski definition) is 0. The van der Waals surface area contributed by atoms with Crippen molar-refractivity contribution in [1.82, 2.24) is 0 Å². The highest BCUT2D eigenvalue weighted by Gasteiger charge is 1.95. The Labute approximate surface area is 88.3 Å². The molecule has 0 aliphatic rings. The van der Waals surface area contributed by atoms with Gasteiger partial charge in [-0.25, -0.2) is 0 Å². The molecule has 74 valence electrons. The van der Waals surface area contributed by atoms with Crippen LogP contribution in [0.4, 0.5) is 0 Å². The molecule has 0 bridgehead atoms. The standard InChI is InChI=1S/C10H9ClO2S/c1-9-4-2-5-10(8-9)6-3-7-14(11,12)13/h2,4-5,8H,6H2,1H3. The molecule has 0 N–H and O–H groups in total. The van der Waals surface area contributed by atoms with Crippen LogP contribution in [0.5, 0.6) is 0 Å². The summed E-state index contributed by atoms with van der Waals surface area (Å²) >= 11 is 0. The van der Waals surface area contributed by atoms with Crippen LogP contribution in [-0.2, 0) is 15.5 Å². The summed E-state index contributed by atoms with van der Waals surface area (Å²) in [5, 5.41) is 1.98. The molecule has 1 aromatic carbocycles. The molecule has 0 fully saturated rings.